The first-order valence-electron chi connectivity index (χ1n) is 6.63. The van der Waals surface area contributed by atoms with Crippen molar-refractivity contribution in [2.24, 2.45) is 0 Å². The van der Waals surface area contributed by atoms with E-state index in [4.69, 9.17) is 11.6 Å². The summed E-state index contributed by atoms with van der Waals surface area (Å²) in [7, 11) is 0. The summed E-state index contributed by atoms with van der Waals surface area (Å²) in [6.07, 6.45) is 1.04. The van der Waals surface area contributed by atoms with E-state index < -0.39 is 0 Å². The van der Waals surface area contributed by atoms with Gasteiger partial charge in [0.05, 0.1) is 5.56 Å². The summed E-state index contributed by atoms with van der Waals surface area (Å²) in [6, 6.07) is 3.62. The number of aromatic hydroxyl groups is 1. The molecule has 0 spiro atoms. The summed E-state index contributed by atoms with van der Waals surface area (Å²) in [6.45, 7) is 9.32. The van der Waals surface area contributed by atoms with Crippen molar-refractivity contribution in [3.8, 4) is 5.75 Å². The Kier molecular flexibility index (Phi) is 5.83. The Bertz CT molecular complexity index is 458. The first kappa shape index (κ1) is 16.0. The van der Waals surface area contributed by atoms with Crippen molar-refractivity contribution in [1.29, 1.82) is 0 Å². The van der Waals surface area contributed by atoms with Gasteiger partial charge in [-0.3, -0.25) is 9.69 Å². The predicted molar refractivity (Wildman–Crippen MR) is 79.0 cm³/mol. The van der Waals surface area contributed by atoms with Gasteiger partial charge in [-0.1, -0.05) is 18.5 Å². The number of carbonyl (C=O) groups excluding carboxylic acids is 1. The zero-order valence-corrected chi connectivity index (χ0v) is 12.8. The van der Waals surface area contributed by atoms with E-state index in [-0.39, 0.29) is 11.5 Å². The van der Waals surface area contributed by atoms with E-state index in [2.05, 4.69) is 25.7 Å². The van der Waals surface area contributed by atoms with E-state index >= 15 is 0 Å². The number of benzene rings is 1. The Hall–Kier alpha value is -1.06. The van der Waals surface area contributed by atoms with Gasteiger partial charge < -0.3 is 5.11 Å². The zero-order chi connectivity index (χ0) is 14.6. The molecule has 1 aromatic carbocycles. The number of rotatable bonds is 6. The minimum atomic E-state index is -0.173. The average molecular weight is 284 g/mol. The molecule has 1 aromatic rings. The number of phenols is 1. The van der Waals surface area contributed by atoms with E-state index in [9.17, 15) is 9.90 Å². The SMILES string of the molecule is CCCN(Cc1cc(Cl)cc(C(C)=O)c1O)C(C)C. The third kappa shape index (κ3) is 4.22. The van der Waals surface area contributed by atoms with E-state index in [1.54, 1.807) is 6.07 Å². The monoisotopic (exact) mass is 283 g/mol. The van der Waals surface area contributed by atoms with Crippen LogP contribution < -0.4 is 0 Å². The number of halogens is 1. The lowest BCUT2D eigenvalue weighted by Gasteiger charge is -2.26. The standard InChI is InChI=1S/C15H22ClNO2/c1-5-6-17(10(2)3)9-12-7-13(16)8-14(11(4)18)15(12)19/h7-8,10,19H,5-6,9H2,1-4H3. The van der Waals surface area contributed by atoms with Gasteiger partial charge in [-0.15, -0.1) is 0 Å². The van der Waals surface area contributed by atoms with Crippen LogP contribution in [0.15, 0.2) is 12.1 Å². The van der Waals surface area contributed by atoms with Crippen molar-refractivity contribution in [2.75, 3.05) is 6.54 Å². The van der Waals surface area contributed by atoms with Crippen LogP contribution in [0.25, 0.3) is 0 Å². The normalized spacial score (nSPS) is 11.3. The van der Waals surface area contributed by atoms with Gasteiger partial charge in [0.1, 0.15) is 5.75 Å². The number of nitrogens with zero attached hydrogens (tertiary/aromatic N) is 1. The highest BCUT2D eigenvalue weighted by atomic mass is 35.5. The number of hydrogen-bond donors (Lipinski definition) is 1. The van der Waals surface area contributed by atoms with Crippen LogP contribution in [0.5, 0.6) is 5.75 Å². The molecule has 0 saturated heterocycles. The van der Waals surface area contributed by atoms with Crippen LogP contribution in [-0.2, 0) is 6.54 Å². The van der Waals surface area contributed by atoms with Gasteiger partial charge in [-0.25, -0.2) is 0 Å². The molecule has 1 N–H and O–H groups in total. The summed E-state index contributed by atoms with van der Waals surface area (Å²) in [5.41, 5.74) is 1.00. The number of phenolic OH excluding ortho intramolecular Hbond substituents is 1. The molecule has 106 valence electrons. The molecule has 0 aliphatic heterocycles. The minimum absolute atomic E-state index is 0.0543. The molecule has 0 unspecified atom stereocenters. The molecule has 0 bridgehead atoms. The third-order valence-corrected chi connectivity index (χ3v) is 3.37. The maximum atomic E-state index is 11.5. The van der Waals surface area contributed by atoms with Crippen LogP contribution in [0.4, 0.5) is 0 Å². The molecule has 0 saturated carbocycles. The number of carbonyl (C=O) groups is 1. The highest BCUT2D eigenvalue weighted by Crippen LogP contribution is 2.29. The number of hydrogen-bond acceptors (Lipinski definition) is 3. The maximum absolute atomic E-state index is 11.5. The highest BCUT2D eigenvalue weighted by Gasteiger charge is 2.16. The molecule has 1 rings (SSSR count). The smallest absolute Gasteiger partial charge is 0.163 e. The average Bonchev–Trinajstić information content (AvgIpc) is 2.32. The van der Waals surface area contributed by atoms with Crippen LogP contribution in [0.1, 0.15) is 50.0 Å². The van der Waals surface area contributed by atoms with Crippen LogP contribution >= 0.6 is 11.6 Å². The quantitative estimate of drug-likeness (QED) is 0.806. The Morgan fingerprint density at radius 3 is 2.53 bits per heavy atom. The fraction of sp³-hybridized carbons (Fsp3) is 0.533. The van der Waals surface area contributed by atoms with Crippen LogP contribution in [0, 0.1) is 0 Å². The van der Waals surface area contributed by atoms with E-state index in [1.165, 1.54) is 13.0 Å². The largest absolute Gasteiger partial charge is 0.507 e. The molecule has 0 heterocycles. The van der Waals surface area contributed by atoms with Crippen molar-refractivity contribution in [2.45, 2.75) is 46.7 Å². The summed E-state index contributed by atoms with van der Waals surface area (Å²) < 4.78 is 0. The lowest BCUT2D eigenvalue weighted by Crippen LogP contribution is -2.31. The summed E-state index contributed by atoms with van der Waals surface area (Å²) in [5, 5.41) is 10.7. The first-order valence-corrected chi connectivity index (χ1v) is 7.01. The van der Waals surface area contributed by atoms with Gasteiger partial charge in [-0.05, 0) is 45.9 Å². The fourth-order valence-electron chi connectivity index (χ4n) is 2.07. The fourth-order valence-corrected chi connectivity index (χ4v) is 2.31. The Morgan fingerprint density at radius 1 is 1.42 bits per heavy atom. The van der Waals surface area contributed by atoms with Gasteiger partial charge in [-0.2, -0.15) is 0 Å². The van der Waals surface area contributed by atoms with Gasteiger partial charge >= 0.3 is 0 Å². The maximum Gasteiger partial charge on any atom is 0.163 e. The highest BCUT2D eigenvalue weighted by molar-refractivity contribution is 6.31. The lowest BCUT2D eigenvalue weighted by atomic mass is 10.0. The Morgan fingerprint density at radius 2 is 2.05 bits per heavy atom. The van der Waals surface area contributed by atoms with Gasteiger partial charge in [0.25, 0.3) is 0 Å². The van der Waals surface area contributed by atoms with Crippen molar-refractivity contribution >= 4 is 17.4 Å². The Balaban J connectivity index is 3.09. The molecule has 0 atom stereocenters. The second-order valence-electron chi connectivity index (χ2n) is 5.08. The molecular formula is C15H22ClNO2. The number of ketones is 1. The van der Waals surface area contributed by atoms with E-state index in [0.717, 1.165) is 13.0 Å². The van der Waals surface area contributed by atoms with Crippen LogP contribution in [0.2, 0.25) is 5.02 Å². The minimum Gasteiger partial charge on any atom is -0.507 e. The molecule has 0 radical (unpaired) electrons. The Labute approximate surface area is 120 Å². The molecule has 3 nitrogen and oxygen atoms in total. The van der Waals surface area contributed by atoms with Crippen molar-refractivity contribution in [3.05, 3.63) is 28.3 Å². The number of Topliss-reactive ketones (excluding diaryl/α,β-unsaturated/α-hetero) is 1. The molecule has 0 aromatic heterocycles. The van der Waals surface area contributed by atoms with Crippen LogP contribution in [0.3, 0.4) is 0 Å². The molecular weight excluding hydrogens is 262 g/mol. The van der Waals surface area contributed by atoms with Crippen molar-refractivity contribution in [3.63, 3.8) is 0 Å². The van der Waals surface area contributed by atoms with E-state index in [0.29, 0.717) is 28.7 Å². The summed E-state index contributed by atoms with van der Waals surface area (Å²) in [4.78, 5) is 13.7. The van der Waals surface area contributed by atoms with Gasteiger partial charge in [0.15, 0.2) is 5.78 Å². The molecule has 4 heteroatoms. The van der Waals surface area contributed by atoms with E-state index in [1.807, 2.05) is 0 Å². The summed E-state index contributed by atoms with van der Waals surface area (Å²) in [5.74, 6) is -0.119. The van der Waals surface area contributed by atoms with Crippen LogP contribution in [-0.4, -0.2) is 28.4 Å². The van der Waals surface area contributed by atoms with Gasteiger partial charge in [0, 0.05) is 23.2 Å². The molecule has 0 aliphatic carbocycles. The van der Waals surface area contributed by atoms with Gasteiger partial charge in [0.2, 0.25) is 0 Å². The second-order valence-corrected chi connectivity index (χ2v) is 5.52. The molecule has 19 heavy (non-hydrogen) atoms. The van der Waals surface area contributed by atoms with Crippen molar-refractivity contribution in [1.82, 2.24) is 4.90 Å². The third-order valence-electron chi connectivity index (χ3n) is 3.15. The van der Waals surface area contributed by atoms with Crippen molar-refractivity contribution < 1.29 is 9.90 Å². The molecule has 0 fully saturated rings. The zero-order valence-electron chi connectivity index (χ0n) is 12.0. The molecule has 0 amide bonds. The topological polar surface area (TPSA) is 40.5 Å². The first-order chi connectivity index (χ1) is 8.86. The summed E-state index contributed by atoms with van der Waals surface area (Å²) >= 11 is 6.02. The second kappa shape index (κ2) is 6.92. The predicted octanol–water partition coefficient (Wildman–Crippen LogP) is 3.87. The lowest BCUT2D eigenvalue weighted by molar-refractivity contribution is 0.101. The molecule has 0 aliphatic rings.